The van der Waals surface area contributed by atoms with E-state index in [1.54, 1.807) is 0 Å². The number of anilines is 2. The fourth-order valence-electron chi connectivity index (χ4n) is 1.91. The second kappa shape index (κ2) is 5.87. The minimum absolute atomic E-state index is 0.185. The minimum Gasteiger partial charge on any atom is -0.395 e. The molecule has 2 rings (SSSR count). The van der Waals surface area contributed by atoms with Crippen molar-refractivity contribution in [2.45, 2.75) is 32.2 Å². The molecule has 0 radical (unpaired) electrons. The van der Waals surface area contributed by atoms with Gasteiger partial charge in [0.05, 0.1) is 6.61 Å². The molecule has 0 unspecified atom stereocenters. The van der Waals surface area contributed by atoms with E-state index in [4.69, 9.17) is 5.11 Å². The second-order valence-electron chi connectivity index (χ2n) is 4.46. The van der Waals surface area contributed by atoms with Gasteiger partial charge < -0.3 is 15.3 Å². The van der Waals surface area contributed by atoms with Gasteiger partial charge >= 0.3 is 0 Å². The highest BCUT2D eigenvalue weighted by atomic mass is 16.3. The Balaban J connectivity index is 2.07. The van der Waals surface area contributed by atoms with Gasteiger partial charge in [0.1, 0.15) is 11.6 Å². The molecule has 0 amide bonds. The molecule has 0 aromatic carbocycles. The number of pyridine rings is 1. The third-order valence-corrected chi connectivity index (χ3v) is 2.91. The molecule has 1 aromatic rings. The number of nitrogens with one attached hydrogen (secondary N) is 1. The van der Waals surface area contributed by atoms with E-state index in [1.807, 2.05) is 18.2 Å². The lowest BCUT2D eigenvalue weighted by Gasteiger charge is -2.22. The summed E-state index contributed by atoms with van der Waals surface area (Å²) in [5.41, 5.74) is 0. The molecule has 0 atom stereocenters. The summed E-state index contributed by atoms with van der Waals surface area (Å²) in [6, 6.07) is 6.61. The fraction of sp³-hybridized carbons (Fsp3) is 0.615. The summed E-state index contributed by atoms with van der Waals surface area (Å²) in [6.45, 7) is 3.94. The fourth-order valence-corrected chi connectivity index (χ4v) is 1.91. The summed E-state index contributed by atoms with van der Waals surface area (Å²) in [4.78, 5) is 6.80. The minimum atomic E-state index is 0.185. The highest BCUT2D eigenvalue weighted by Crippen LogP contribution is 2.30. The van der Waals surface area contributed by atoms with Gasteiger partial charge in [-0.25, -0.2) is 4.98 Å². The molecule has 4 nitrogen and oxygen atoms in total. The summed E-state index contributed by atoms with van der Waals surface area (Å²) >= 11 is 0. The van der Waals surface area contributed by atoms with Crippen molar-refractivity contribution in [3.05, 3.63) is 18.2 Å². The third kappa shape index (κ3) is 3.33. The molecular weight excluding hydrogens is 214 g/mol. The van der Waals surface area contributed by atoms with Crippen molar-refractivity contribution in [1.29, 1.82) is 0 Å². The van der Waals surface area contributed by atoms with Crippen LogP contribution in [0.15, 0.2) is 18.2 Å². The van der Waals surface area contributed by atoms with E-state index in [0.717, 1.165) is 24.6 Å². The highest BCUT2D eigenvalue weighted by molar-refractivity contribution is 5.48. The summed E-state index contributed by atoms with van der Waals surface area (Å²) < 4.78 is 0. The molecule has 4 heteroatoms. The van der Waals surface area contributed by atoms with Crippen molar-refractivity contribution >= 4 is 11.6 Å². The summed E-state index contributed by atoms with van der Waals surface area (Å²) in [5, 5.41) is 12.4. The van der Waals surface area contributed by atoms with Crippen LogP contribution in [0.5, 0.6) is 0 Å². The highest BCUT2D eigenvalue weighted by Gasteiger charge is 2.29. The lowest BCUT2D eigenvalue weighted by atomic mass is 10.3. The lowest BCUT2D eigenvalue weighted by Crippen LogP contribution is -2.29. The quantitative estimate of drug-likeness (QED) is 0.757. The Labute approximate surface area is 103 Å². The molecule has 1 heterocycles. The Kier molecular flexibility index (Phi) is 4.20. The van der Waals surface area contributed by atoms with Crippen molar-refractivity contribution in [3.8, 4) is 0 Å². The normalized spacial score (nSPS) is 14.7. The van der Waals surface area contributed by atoms with Gasteiger partial charge in [0.2, 0.25) is 0 Å². The Bertz CT molecular complexity index is 352. The SMILES string of the molecule is CCCNc1cccc(N(CCO)C2CC2)n1. The monoisotopic (exact) mass is 235 g/mol. The van der Waals surface area contributed by atoms with Crippen LogP contribution in [0.25, 0.3) is 0 Å². The van der Waals surface area contributed by atoms with Gasteiger partial charge in [-0.05, 0) is 31.4 Å². The van der Waals surface area contributed by atoms with Crippen molar-refractivity contribution in [3.63, 3.8) is 0 Å². The Morgan fingerprint density at radius 1 is 1.47 bits per heavy atom. The maximum Gasteiger partial charge on any atom is 0.131 e. The number of hydrogen-bond acceptors (Lipinski definition) is 4. The van der Waals surface area contributed by atoms with Crippen LogP contribution in [0.4, 0.5) is 11.6 Å². The molecule has 1 saturated carbocycles. The van der Waals surface area contributed by atoms with Gasteiger partial charge in [-0.2, -0.15) is 0 Å². The molecule has 94 valence electrons. The van der Waals surface area contributed by atoms with Crippen molar-refractivity contribution in [2.24, 2.45) is 0 Å². The van der Waals surface area contributed by atoms with Gasteiger partial charge in [-0.1, -0.05) is 13.0 Å². The van der Waals surface area contributed by atoms with Crippen molar-refractivity contribution in [1.82, 2.24) is 4.98 Å². The largest absolute Gasteiger partial charge is 0.395 e. The van der Waals surface area contributed by atoms with Crippen LogP contribution in [-0.4, -0.2) is 35.8 Å². The molecule has 0 bridgehead atoms. The molecule has 0 aliphatic heterocycles. The average Bonchev–Trinajstić information content (AvgIpc) is 3.18. The molecule has 17 heavy (non-hydrogen) atoms. The van der Waals surface area contributed by atoms with E-state index in [1.165, 1.54) is 12.8 Å². The smallest absolute Gasteiger partial charge is 0.131 e. The lowest BCUT2D eigenvalue weighted by molar-refractivity contribution is 0.301. The van der Waals surface area contributed by atoms with Gasteiger partial charge in [0.25, 0.3) is 0 Å². The number of aliphatic hydroxyl groups excluding tert-OH is 1. The molecular formula is C13H21N3O. The summed E-state index contributed by atoms with van der Waals surface area (Å²) in [6.07, 6.45) is 3.53. The molecule has 0 spiro atoms. The Morgan fingerprint density at radius 2 is 2.29 bits per heavy atom. The number of aliphatic hydroxyl groups is 1. The number of rotatable bonds is 7. The van der Waals surface area contributed by atoms with Crippen LogP contribution in [0.2, 0.25) is 0 Å². The van der Waals surface area contributed by atoms with Crippen LogP contribution in [0, 0.1) is 0 Å². The molecule has 1 fully saturated rings. The van der Waals surface area contributed by atoms with E-state index in [9.17, 15) is 0 Å². The number of nitrogens with zero attached hydrogens (tertiary/aromatic N) is 2. The van der Waals surface area contributed by atoms with Gasteiger partial charge in [-0.15, -0.1) is 0 Å². The van der Waals surface area contributed by atoms with Crippen LogP contribution in [-0.2, 0) is 0 Å². The summed E-state index contributed by atoms with van der Waals surface area (Å²) in [5.74, 6) is 1.90. The van der Waals surface area contributed by atoms with E-state index in [0.29, 0.717) is 12.6 Å². The van der Waals surface area contributed by atoms with Crippen molar-refractivity contribution in [2.75, 3.05) is 29.9 Å². The average molecular weight is 235 g/mol. The third-order valence-electron chi connectivity index (χ3n) is 2.91. The Hall–Kier alpha value is -1.29. The first-order chi connectivity index (χ1) is 8.35. The first-order valence-electron chi connectivity index (χ1n) is 6.43. The van der Waals surface area contributed by atoms with Gasteiger partial charge in [-0.3, -0.25) is 0 Å². The molecule has 1 aliphatic carbocycles. The summed E-state index contributed by atoms with van der Waals surface area (Å²) in [7, 11) is 0. The zero-order chi connectivity index (χ0) is 12.1. The van der Waals surface area contributed by atoms with Crippen LogP contribution in [0.3, 0.4) is 0 Å². The zero-order valence-corrected chi connectivity index (χ0v) is 10.4. The maximum atomic E-state index is 9.10. The topological polar surface area (TPSA) is 48.4 Å². The zero-order valence-electron chi connectivity index (χ0n) is 10.4. The maximum absolute atomic E-state index is 9.10. The van der Waals surface area contributed by atoms with Crippen LogP contribution in [0.1, 0.15) is 26.2 Å². The van der Waals surface area contributed by atoms with Crippen LogP contribution < -0.4 is 10.2 Å². The molecule has 0 saturated heterocycles. The molecule has 1 aliphatic rings. The van der Waals surface area contributed by atoms with E-state index in [2.05, 4.69) is 22.1 Å². The van der Waals surface area contributed by atoms with E-state index >= 15 is 0 Å². The molecule has 2 N–H and O–H groups in total. The van der Waals surface area contributed by atoms with Gasteiger partial charge in [0, 0.05) is 19.1 Å². The van der Waals surface area contributed by atoms with Crippen molar-refractivity contribution < 1.29 is 5.11 Å². The second-order valence-corrected chi connectivity index (χ2v) is 4.46. The molecule has 1 aromatic heterocycles. The van der Waals surface area contributed by atoms with Crippen LogP contribution >= 0.6 is 0 Å². The predicted molar refractivity (Wildman–Crippen MR) is 70.5 cm³/mol. The first-order valence-corrected chi connectivity index (χ1v) is 6.43. The predicted octanol–water partition coefficient (Wildman–Crippen LogP) is 1.86. The number of hydrogen-bond donors (Lipinski definition) is 2. The van der Waals surface area contributed by atoms with E-state index < -0.39 is 0 Å². The standard InChI is InChI=1S/C13H21N3O/c1-2-8-14-12-4-3-5-13(15-12)16(9-10-17)11-6-7-11/h3-5,11,17H,2,6-10H2,1H3,(H,14,15). The Morgan fingerprint density at radius 3 is 2.94 bits per heavy atom. The van der Waals surface area contributed by atoms with E-state index in [-0.39, 0.29) is 6.61 Å². The number of aromatic nitrogens is 1. The first kappa shape index (κ1) is 12.2. The van der Waals surface area contributed by atoms with Gasteiger partial charge in [0.15, 0.2) is 0 Å².